The van der Waals surface area contributed by atoms with Crippen LogP contribution in [0, 0.1) is 6.92 Å². The third kappa shape index (κ3) is 2.93. The van der Waals surface area contributed by atoms with Crippen LogP contribution >= 0.6 is 0 Å². The SMILES string of the molecule is COc1ccc(OC)c([C@H]2CCN(C(=O)c3c(C4CC4)n[nH]c3C)C2)c1. The summed E-state index contributed by atoms with van der Waals surface area (Å²) < 4.78 is 10.9. The molecule has 1 N–H and O–H groups in total. The third-order valence-electron chi connectivity index (χ3n) is 5.51. The monoisotopic (exact) mass is 355 g/mol. The second kappa shape index (κ2) is 6.67. The van der Waals surface area contributed by atoms with Crippen molar-refractivity contribution in [3.63, 3.8) is 0 Å². The molecule has 1 aromatic heterocycles. The molecule has 26 heavy (non-hydrogen) atoms. The van der Waals surface area contributed by atoms with Crippen LogP contribution in [-0.2, 0) is 0 Å². The molecule has 0 bridgehead atoms. The van der Waals surface area contributed by atoms with Crippen molar-refractivity contribution in [2.75, 3.05) is 27.3 Å². The van der Waals surface area contributed by atoms with Gasteiger partial charge in [0.15, 0.2) is 0 Å². The number of amides is 1. The third-order valence-corrected chi connectivity index (χ3v) is 5.51. The Labute approximate surface area is 153 Å². The van der Waals surface area contributed by atoms with Crippen LogP contribution in [0.1, 0.15) is 58.4 Å². The van der Waals surface area contributed by atoms with Crippen molar-refractivity contribution in [2.24, 2.45) is 0 Å². The Balaban J connectivity index is 1.56. The van der Waals surface area contributed by atoms with Gasteiger partial charge >= 0.3 is 0 Å². The standard InChI is InChI=1S/C20H25N3O3/c1-12-18(19(22-21-12)13-4-5-13)20(24)23-9-8-14(11-23)16-10-15(25-2)6-7-17(16)26-3/h6-7,10,13-14H,4-5,8-9,11H2,1-3H3,(H,21,22)/t14-/m0/s1. The van der Waals surface area contributed by atoms with Gasteiger partial charge in [-0.3, -0.25) is 9.89 Å². The van der Waals surface area contributed by atoms with E-state index in [-0.39, 0.29) is 11.8 Å². The molecule has 1 aliphatic carbocycles. The van der Waals surface area contributed by atoms with Crippen molar-refractivity contribution in [3.8, 4) is 11.5 Å². The summed E-state index contributed by atoms with van der Waals surface area (Å²) in [6.45, 7) is 3.38. The van der Waals surface area contributed by atoms with E-state index in [1.54, 1.807) is 14.2 Å². The Kier molecular flexibility index (Phi) is 4.34. The van der Waals surface area contributed by atoms with Gasteiger partial charge in [0, 0.05) is 36.2 Å². The fraction of sp³-hybridized carbons (Fsp3) is 0.500. The van der Waals surface area contributed by atoms with Crippen LogP contribution < -0.4 is 9.47 Å². The number of aryl methyl sites for hydroxylation is 1. The molecule has 2 aromatic rings. The van der Waals surface area contributed by atoms with Gasteiger partial charge in [-0.05, 0) is 44.4 Å². The fourth-order valence-electron chi connectivity index (χ4n) is 3.89. The van der Waals surface area contributed by atoms with Gasteiger partial charge in [-0.1, -0.05) is 0 Å². The van der Waals surface area contributed by atoms with Crippen molar-refractivity contribution in [2.45, 2.75) is 38.0 Å². The largest absolute Gasteiger partial charge is 0.497 e. The van der Waals surface area contributed by atoms with E-state index in [1.807, 2.05) is 30.0 Å². The predicted octanol–water partition coefficient (Wildman–Crippen LogP) is 3.24. The molecule has 6 nitrogen and oxygen atoms in total. The second-order valence-corrected chi connectivity index (χ2v) is 7.23. The van der Waals surface area contributed by atoms with E-state index in [0.717, 1.165) is 59.8 Å². The average molecular weight is 355 g/mol. The number of hydrogen-bond donors (Lipinski definition) is 1. The summed E-state index contributed by atoms with van der Waals surface area (Å²) in [4.78, 5) is 15.1. The van der Waals surface area contributed by atoms with Crippen LogP contribution in [0.15, 0.2) is 18.2 Å². The van der Waals surface area contributed by atoms with Crippen molar-refractivity contribution in [1.29, 1.82) is 0 Å². The van der Waals surface area contributed by atoms with Crippen molar-refractivity contribution in [3.05, 3.63) is 40.7 Å². The summed E-state index contributed by atoms with van der Waals surface area (Å²) in [6, 6.07) is 5.86. The Hall–Kier alpha value is -2.50. The normalized spacial score (nSPS) is 19.7. The van der Waals surface area contributed by atoms with Gasteiger partial charge in [-0.25, -0.2) is 0 Å². The maximum Gasteiger partial charge on any atom is 0.257 e. The molecular formula is C20H25N3O3. The molecular weight excluding hydrogens is 330 g/mol. The first-order chi connectivity index (χ1) is 12.6. The first-order valence-corrected chi connectivity index (χ1v) is 9.18. The zero-order chi connectivity index (χ0) is 18.3. The number of H-pyrrole nitrogens is 1. The van der Waals surface area contributed by atoms with Crippen LogP contribution in [0.5, 0.6) is 11.5 Å². The van der Waals surface area contributed by atoms with Gasteiger partial charge < -0.3 is 14.4 Å². The van der Waals surface area contributed by atoms with E-state index in [0.29, 0.717) is 12.5 Å². The molecule has 138 valence electrons. The lowest BCUT2D eigenvalue weighted by molar-refractivity contribution is 0.0789. The molecule has 1 saturated heterocycles. The first-order valence-electron chi connectivity index (χ1n) is 9.18. The molecule has 1 aliphatic heterocycles. The van der Waals surface area contributed by atoms with Gasteiger partial charge in [0.2, 0.25) is 0 Å². The zero-order valence-electron chi connectivity index (χ0n) is 15.5. The van der Waals surface area contributed by atoms with Gasteiger partial charge in [-0.15, -0.1) is 0 Å². The van der Waals surface area contributed by atoms with Crippen LogP contribution in [-0.4, -0.2) is 48.3 Å². The molecule has 0 spiro atoms. The molecule has 0 radical (unpaired) electrons. The molecule has 4 rings (SSSR count). The minimum absolute atomic E-state index is 0.0995. The van der Waals surface area contributed by atoms with Gasteiger partial charge in [-0.2, -0.15) is 5.10 Å². The summed E-state index contributed by atoms with van der Waals surface area (Å²) in [5.74, 6) is 2.47. The number of ether oxygens (including phenoxy) is 2. The molecule has 1 amide bonds. The van der Waals surface area contributed by atoms with Crippen LogP contribution in [0.3, 0.4) is 0 Å². The maximum atomic E-state index is 13.1. The number of carbonyl (C=O) groups is 1. The van der Waals surface area contributed by atoms with Crippen molar-refractivity contribution >= 4 is 5.91 Å². The fourth-order valence-corrected chi connectivity index (χ4v) is 3.89. The van der Waals surface area contributed by atoms with Gasteiger partial charge in [0.1, 0.15) is 11.5 Å². The Morgan fingerprint density at radius 3 is 2.69 bits per heavy atom. The number of benzene rings is 1. The van der Waals surface area contributed by atoms with Crippen molar-refractivity contribution in [1.82, 2.24) is 15.1 Å². The second-order valence-electron chi connectivity index (χ2n) is 7.23. The summed E-state index contributed by atoms with van der Waals surface area (Å²) in [5, 5.41) is 7.39. The highest BCUT2D eigenvalue weighted by Crippen LogP contribution is 2.42. The molecule has 2 heterocycles. The van der Waals surface area contributed by atoms with Crippen LogP contribution in [0.25, 0.3) is 0 Å². The molecule has 1 saturated carbocycles. The number of aromatic amines is 1. The van der Waals surface area contributed by atoms with E-state index < -0.39 is 0 Å². The highest BCUT2D eigenvalue weighted by atomic mass is 16.5. The number of rotatable bonds is 5. The van der Waals surface area contributed by atoms with Gasteiger partial charge in [0.25, 0.3) is 5.91 Å². The molecule has 2 fully saturated rings. The zero-order valence-corrected chi connectivity index (χ0v) is 15.5. The molecule has 2 aliphatic rings. The topological polar surface area (TPSA) is 67.5 Å². The summed E-state index contributed by atoms with van der Waals surface area (Å²) in [7, 11) is 3.34. The van der Waals surface area contributed by atoms with Gasteiger partial charge in [0.05, 0.1) is 25.5 Å². The molecule has 0 unspecified atom stereocenters. The quantitative estimate of drug-likeness (QED) is 0.894. The Bertz CT molecular complexity index is 826. The van der Waals surface area contributed by atoms with Crippen molar-refractivity contribution < 1.29 is 14.3 Å². The lowest BCUT2D eigenvalue weighted by atomic mass is 9.97. The predicted molar refractivity (Wildman–Crippen MR) is 98.1 cm³/mol. The number of methoxy groups -OCH3 is 2. The summed E-state index contributed by atoms with van der Waals surface area (Å²) in [6.07, 6.45) is 3.19. The van der Waals surface area contributed by atoms with E-state index in [1.165, 1.54) is 0 Å². The molecule has 6 heteroatoms. The molecule has 1 aromatic carbocycles. The number of carbonyl (C=O) groups excluding carboxylic acids is 1. The average Bonchev–Trinajstić information content (AvgIpc) is 3.25. The summed E-state index contributed by atoms with van der Waals surface area (Å²) >= 11 is 0. The maximum absolute atomic E-state index is 13.1. The van der Waals surface area contributed by atoms with E-state index in [9.17, 15) is 4.79 Å². The minimum Gasteiger partial charge on any atom is -0.497 e. The number of nitrogens with one attached hydrogen (secondary N) is 1. The number of likely N-dealkylation sites (tertiary alicyclic amines) is 1. The minimum atomic E-state index is 0.0995. The number of nitrogens with zero attached hydrogens (tertiary/aromatic N) is 2. The summed E-state index contributed by atoms with van der Waals surface area (Å²) in [5.41, 5.74) is 3.72. The lowest BCUT2D eigenvalue weighted by Crippen LogP contribution is -2.29. The smallest absolute Gasteiger partial charge is 0.257 e. The van der Waals surface area contributed by atoms with E-state index in [4.69, 9.17) is 9.47 Å². The Morgan fingerprint density at radius 1 is 1.19 bits per heavy atom. The van der Waals surface area contributed by atoms with E-state index in [2.05, 4.69) is 10.2 Å². The number of aromatic nitrogens is 2. The highest BCUT2D eigenvalue weighted by molar-refractivity contribution is 5.97. The highest BCUT2D eigenvalue weighted by Gasteiger charge is 2.36. The molecule has 1 atom stereocenters. The van der Waals surface area contributed by atoms with Crippen LogP contribution in [0.2, 0.25) is 0 Å². The Morgan fingerprint density at radius 2 is 2.00 bits per heavy atom. The van der Waals surface area contributed by atoms with E-state index >= 15 is 0 Å². The first kappa shape index (κ1) is 16.9. The van der Waals surface area contributed by atoms with Crippen LogP contribution in [0.4, 0.5) is 0 Å². The lowest BCUT2D eigenvalue weighted by Gasteiger charge is -2.19. The number of hydrogen-bond acceptors (Lipinski definition) is 4.